The number of hydrogen-bond acceptors (Lipinski definition) is 4. The van der Waals surface area contributed by atoms with Crippen molar-refractivity contribution < 1.29 is 18.0 Å². The number of hydrogen-bond donors (Lipinski definition) is 2. The molecule has 0 aromatic carbocycles. The molecule has 0 aliphatic carbocycles. The number of nitrogens with one attached hydrogen (secondary N) is 1. The average Bonchev–Trinajstić information content (AvgIpc) is 2.24. The van der Waals surface area contributed by atoms with Crippen LogP contribution >= 0.6 is 11.6 Å². The van der Waals surface area contributed by atoms with Crippen molar-refractivity contribution in [2.45, 2.75) is 20.0 Å². The zero-order valence-electron chi connectivity index (χ0n) is 10.2. The summed E-state index contributed by atoms with van der Waals surface area (Å²) in [5.74, 6) is -2.06. The van der Waals surface area contributed by atoms with Gasteiger partial charge in [-0.1, -0.05) is 11.6 Å². The molecule has 0 saturated carbocycles. The first-order chi connectivity index (χ1) is 8.52. The first-order valence-corrected chi connectivity index (χ1v) is 5.56. The molecule has 1 aromatic heterocycles. The van der Waals surface area contributed by atoms with Crippen molar-refractivity contribution in [1.82, 2.24) is 9.97 Å². The molecule has 0 aliphatic rings. The fourth-order valence-corrected chi connectivity index (χ4v) is 1.22. The van der Waals surface area contributed by atoms with Crippen molar-refractivity contribution in [1.29, 1.82) is 0 Å². The van der Waals surface area contributed by atoms with Crippen molar-refractivity contribution in [2.24, 2.45) is 11.1 Å². The van der Waals surface area contributed by atoms with Crippen LogP contribution in [0.4, 0.5) is 19.0 Å². The molecule has 0 unspecified atom stereocenters. The molecular weight excluding hydrogens is 285 g/mol. The number of nitrogens with zero attached hydrogens (tertiary/aromatic N) is 2. The fraction of sp³-hybridized carbons (Fsp3) is 0.500. The lowest BCUT2D eigenvalue weighted by Crippen LogP contribution is -2.37. The van der Waals surface area contributed by atoms with E-state index in [1.165, 1.54) is 0 Å². The van der Waals surface area contributed by atoms with Crippen LogP contribution in [0.25, 0.3) is 0 Å². The average molecular weight is 297 g/mol. The molecule has 1 aromatic rings. The SMILES string of the molecule is CC(C)(CNc1cc(Cl)nc(C(F)(F)F)n1)C(N)=O. The molecule has 0 saturated heterocycles. The maximum Gasteiger partial charge on any atom is 0.451 e. The molecule has 1 heterocycles. The number of rotatable bonds is 4. The van der Waals surface area contributed by atoms with Crippen LogP contribution in [-0.4, -0.2) is 22.4 Å². The van der Waals surface area contributed by atoms with Gasteiger partial charge in [-0.3, -0.25) is 4.79 Å². The molecule has 0 fully saturated rings. The number of aromatic nitrogens is 2. The van der Waals surface area contributed by atoms with E-state index in [-0.39, 0.29) is 17.5 Å². The topological polar surface area (TPSA) is 80.9 Å². The minimum atomic E-state index is -4.69. The largest absolute Gasteiger partial charge is 0.451 e. The lowest BCUT2D eigenvalue weighted by atomic mass is 9.93. The van der Waals surface area contributed by atoms with Crippen LogP contribution in [0.2, 0.25) is 5.15 Å². The third-order valence-corrected chi connectivity index (χ3v) is 2.52. The van der Waals surface area contributed by atoms with Gasteiger partial charge in [0, 0.05) is 12.6 Å². The summed E-state index contributed by atoms with van der Waals surface area (Å²) in [7, 11) is 0. The Morgan fingerprint density at radius 1 is 1.42 bits per heavy atom. The highest BCUT2D eigenvalue weighted by Crippen LogP contribution is 2.28. The Bertz CT molecular complexity index is 490. The zero-order valence-corrected chi connectivity index (χ0v) is 10.9. The number of anilines is 1. The van der Waals surface area contributed by atoms with Crippen molar-refractivity contribution in [3.63, 3.8) is 0 Å². The third kappa shape index (κ3) is 4.23. The van der Waals surface area contributed by atoms with Crippen molar-refractivity contribution >= 4 is 23.3 Å². The molecule has 0 aliphatic heterocycles. The van der Waals surface area contributed by atoms with Crippen LogP contribution in [-0.2, 0) is 11.0 Å². The summed E-state index contributed by atoms with van der Waals surface area (Å²) in [5.41, 5.74) is 4.21. The number of alkyl halides is 3. The molecule has 19 heavy (non-hydrogen) atoms. The molecule has 1 amide bonds. The summed E-state index contributed by atoms with van der Waals surface area (Å²) in [4.78, 5) is 17.4. The molecule has 3 N–H and O–H groups in total. The highest BCUT2D eigenvalue weighted by atomic mass is 35.5. The standard InChI is InChI=1S/C10H12ClF3N4O/c1-9(2,7(15)19)4-16-6-3-5(11)17-8(18-6)10(12,13)14/h3H,4H2,1-2H3,(H2,15,19)(H,16,17,18). The third-order valence-electron chi connectivity index (χ3n) is 2.33. The van der Waals surface area contributed by atoms with E-state index < -0.39 is 23.3 Å². The van der Waals surface area contributed by atoms with Gasteiger partial charge < -0.3 is 11.1 Å². The number of halogens is 4. The summed E-state index contributed by atoms with van der Waals surface area (Å²) < 4.78 is 37.4. The second-order valence-corrected chi connectivity index (χ2v) is 4.89. The maximum absolute atomic E-state index is 12.5. The number of primary amides is 1. The number of carbonyl (C=O) groups excluding carboxylic acids is 1. The Balaban J connectivity index is 2.91. The number of amides is 1. The highest BCUT2D eigenvalue weighted by Gasteiger charge is 2.35. The molecule has 0 spiro atoms. The first-order valence-electron chi connectivity index (χ1n) is 5.18. The lowest BCUT2D eigenvalue weighted by molar-refractivity contribution is -0.144. The molecule has 1 rings (SSSR count). The predicted octanol–water partition coefficient (Wildman–Crippen LogP) is 2.07. The van der Waals surface area contributed by atoms with E-state index in [2.05, 4.69) is 15.3 Å². The Hall–Kier alpha value is -1.57. The van der Waals surface area contributed by atoms with E-state index in [9.17, 15) is 18.0 Å². The minimum Gasteiger partial charge on any atom is -0.369 e. The second-order valence-electron chi connectivity index (χ2n) is 4.50. The Kier molecular flexibility index (Phi) is 4.24. The monoisotopic (exact) mass is 296 g/mol. The van der Waals surface area contributed by atoms with Gasteiger partial charge >= 0.3 is 6.18 Å². The van der Waals surface area contributed by atoms with Gasteiger partial charge in [-0.2, -0.15) is 13.2 Å². The summed E-state index contributed by atoms with van der Waals surface area (Å²) >= 11 is 5.49. The zero-order chi connectivity index (χ0) is 14.8. The summed E-state index contributed by atoms with van der Waals surface area (Å²) in [6, 6.07) is 1.13. The van der Waals surface area contributed by atoms with Crippen molar-refractivity contribution in [2.75, 3.05) is 11.9 Å². The van der Waals surface area contributed by atoms with E-state index >= 15 is 0 Å². The number of carbonyl (C=O) groups is 1. The van der Waals surface area contributed by atoms with Gasteiger partial charge in [0.25, 0.3) is 0 Å². The minimum absolute atomic E-state index is 0.0208. The van der Waals surface area contributed by atoms with Crippen molar-refractivity contribution in [3.8, 4) is 0 Å². The normalized spacial score (nSPS) is 12.3. The molecule has 106 valence electrons. The summed E-state index contributed by atoms with van der Waals surface area (Å²) in [6.45, 7) is 3.12. The van der Waals surface area contributed by atoms with Crippen LogP contribution in [0.5, 0.6) is 0 Å². The van der Waals surface area contributed by atoms with Crippen LogP contribution in [0.1, 0.15) is 19.7 Å². The quantitative estimate of drug-likeness (QED) is 0.834. The fourth-order valence-electron chi connectivity index (χ4n) is 1.03. The lowest BCUT2D eigenvalue weighted by Gasteiger charge is -2.21. The van der Waals surface area contributed by atoms with E-state index in [1.807, 2.05) is 0 Å². The molecule has 5 nitrogen and oxygen atoms in total. The smallest absolute Gasteiger partial charge is 0.369 e. The van der Waals surface area contributed by atoms with Crippen LogP contribution in [0, 0.1) is 5.41 Å². The van der Waals surface area contributed by atoms with Gasteiger partial charge in [-0.25, -0.2) is 9.97 Å². The Morgan fingerprint density at radius 2 is 2.00 bits per heavy atom. The van der Waals surface area contributed by atoms with Gasteiger partial charge in [0.05, 0.1) is 5.41 Å². The predicted molar refractivity (Wildman–Crippen MR) is 63.5 cm³/mol. The Labute approximate surface area is 112 Å². The van der Waals surface area contributed by atoms with Crippen LogP contribution in [0.15, 0.2) is 6.07 Å². The van der Waals surface area contributed by atoms with Gasteiger partial charge in [0.15, 0.2) is 0 Å². The maximum atomic E-state index is 12.5. The summed E-state index contributed by atoms with van der Waals surface area (Å²) in [5, 5.41) is 2.24. The molecule has 9 heteroatoms. The van der Waals surface area contributed by atoms with Crippen molar-refractivity contribution in [3.05, 3.63) is 17.0 Å². The van der Waals surface area contributed by atoms with Gasteiger partial charge in [0.1, 0.15) is 11.0 Å². The van der Waals surface area contributed by atoms with E-state index in [1.54, 1.807) is 13.8 Å². The number of nitrogens with two attached hydrogens (primary N) is 1. The van der Waals surface area contributed by atoms with E-state index in [4.69, 9.17) is 17.3 Å². The highest BCUT2D eigenvalue weighted by molar-refractivity contribution is 6.29. The van der Waals surface area contributed by atoms with E-state index in [0.29, 0.717) is 0 Å². The van der Waals surface area contributed by atoms with Gasteiger partial charge in [-0.05, 0) is 13.8 Å². The molecule has 0 bridgehead atoms. The van der Waals surface area contributed by atoms with Gasteiger partial charge in [-0.15, -0.1) is 0 Å². The van der Waals surface area contributed by atoms with E-state index in [0.717, 1.165) is 6.07 Å². The van der Waals surface area contributed by atoms with Crippen LogP contribution in [0.3, 0.4) is 0 Å². The summed E-state index contributed by atoms with van der Waals surface area (Å²) in [6.07, 6.45) is -4.69. The molecular formula is C10H12ClF3N4O. The second kappa shape index (κ2) is 5.20. The molecule has 0 radical (unpaired) electrons. The molecule has 0 atom stereocenters. The van der Waals surface area contributed by atoms with Crippen LogP contribution < -0.4 is 11.1 Å². The Morgan fingerprint density at radius 3 is 2.47 bits per heavy atom. The first kappa shape index (κ1) is 15.5. The van der Waals surface area contributed by atoms with Gasteiger partial charge in [0.2, 0.25) is 11.7 Å².